The summed E-state index contributed by atoms with van der Waals surface area (Å²) in [5.41, 5.74) is 2.69. The highest BCUT2D eigenvalue weighted by Crippen LogP contribution is 2.67. The molecular weight excluding hydrogens is 420 g/mol. The molecule has 3 saturated carbocycles. The predicted molar refractivity (Wildman–Crippen MR) is 141 cm³/mol. The molecule has 0 aromatic carbocycles. The Bertz CT molecular complexity index is 686. The third-order valence-corrected chi connectivity index (χ3v) is 11.1. The zero-order chi connectivity index (χ0) is 24.3. The van der Waals surface area contributed by atoms with Gasteiger partial charge in [-0.05, 0) is 97.7 Å². The zero-order valence-corrected chi connectivity index (χ0v) is 23.0. The summed E-state index contributed by atoms with van der Waals surface area (Å²) in [5.74, 6) is 5.42. The number of ether oxygens (including phenoxy) is 2. The van der Waals surface area contributed by atoms with Crippen molar-refractivity contribution < 1.29 is 14.6 Å². The molecule has 0 radical (unpaired) electrons. The first-order chi connectivity index (χ1) is 16.3. The molecule has 0 heterocycles. The van der Waals surface area contributed by atoms with E-state index in [2.05, 4.69) is 40.7 Å². The van der Waals surface area contributed by atoms with Gasteiger partial charge < -0.3 is 14.6 Å². The van der Waals surface area contributed by atoms with Crippen molar-refractivity contribution in [2.24, 2.45) is 46.3 Å². The maximum atomic E-state index is 8.86. The smallest absolute Gasteiger partial charge is 0.0704 e. The fourth-order valence-corrected chi connectivity index (χ4v) is 9.23. The summed E-state index contributed by atoms with van der Waals surface area (Å²) >= 11 is 0. The van der Waals surface area contributed by atoms with Crippen LogP contribution in [-0.4, -0.2) is 37.6 Å². The largest absolute Gasteiger partial charge is 0.394 e. The van der Waals surface area contributed by atoms with Gasteiger partial charge in [0, 0.05) is 0 Å². The van der Waals surface area contributed by atoms with Crippen LogP contribution in [0.4, 0.5) is 0 Å². The van der Waals surface area contributed by atoms with Crippen LogP contribution in [0.5, 0.6) is 0 Å². The minimum absolute atomic E-state index is 0.0923. The molecule has 0 unspecified atom stereocenters. The van der Waals surface area contributed by atoms with E-state index >= 15 is 0 Å². The van der Waals surface area contributed by atoms with E-state index in [1.165, 1.54) is 64.2 Å². The van der Waals surface area contributed by atoms with Crippen LogP contribution >= 0.6 is 0 Å². The van der Waals surface area contributed by atoms with Crippen molar-refractivity contribution in [3.05, 3.63) is 11.6 Å². The second kappa shape index (κ2) is 11.3. The summed E-state index contributed by atoms with van der Waals surface area (Å²) in [6.07, 6.45) is 18.1. The minimum atomic E-state index is 0.0923. The monoisotopic (exact) mass is 474 g/mol. The van der Waals surface area contributed by atoms with Gasteiger partial charge in [0.25, 0.3) is 0 Å². The topological polar surface area (TPSA) is 38.7 Å². The Balaban J connectivity index is 1.37. The number of rotatable bonds is 11. The highest BCUT2D eigenvalue weighted by Gasteiger charge is 2.59. The molecule has 0 aromatic rings. The lowest BCUT2D eigenvalue weighted by atomic mass is 9.47. The van der Waals surface area contributed by atoms with Gasteiger partial charge in [-0.1, -0.05) is 65.5 Å². The van der Waals surface area contributed by atoms with Crippen LogP contribution in [0.15, 0.2) is 11.6 Å². The molecule has 0 amide bonds. The second-order valence-corrected chi connectivity index (χ2v) is 13.4. The van der Waals surface area contributed by atoms with E-state index in [0.29, 0.717) is 36.8 Å². The molecule has 0 bridgehead atoms. The maximum Gasteiger partial charge on any atom is 0.0704 e. The summed E-state index contributed by atoms with van der Waals surface area (Å²) in [5, 5.41) is 8.86. The van der Waals surface area contributed by atoms with Crippen molar-refractivity contribution in [1.29, 1.82) is 0 Å². The molecule has 0 aromatic heterocycles. The SMILES string of the molecule is CC(C)CCC[C@@H](C)[C@H]1CC[C@H]2[C@@H]3CC=C4C[C@H](OCCOCCO)CC[C@]4(C)[C@H]3CC[C@]12C. The molecule has 0 aliphatic heterocycles. The van der Waals surface area contributed by atoms with Gasteiger partial charge in [0.05, 0.1) is 32.5 Å². The van der Waals surface area contributed by atoms with Gasteiger partial charge in [0.15, 0.2) is 0 Å². The molecule has 3 nitrogen and oxygen atoms in total. The molecule has 0 spiro atoms. The van der Waals surface area contributed by atoms with Crippen molar-refractivity contribution in [2.75, 3.05) is 26.4 Å². The lowest BCUT2D eigenvalue weighted by Crippen LogP contribution is -2.51. The quantitative estimate of drug-likeness (QED) is 0.250. The van der Waals surface area contributed by atoms with Crippen molar-refractivity contribution in [2.45, 2.75) is 111 Å². The summed E-state index contributed by atoms with van der Waals surface area (Å²) < 4.78 is 11.6. The van der Waals surface area contributed by atoms with E-state index in [1.54, 1.807) is 5.57 Å². The van der Waals surface area contributed by atoms with Crippen LogP contribution < -0.4 is 0 Å². The van der Waals surface area contributed by atoms with E-state index in [-0.39, 0.29) is 6.61 Å². The number of allylic oxidation sites excluding steroid dienone is 1. The third-order valence-electron chi connectivity index (χ3n) is 11.1. The Morgan fingerprint density at radius 2 is 1.79 bits per heavy atom. The first kappa shape index (κ1) is 26.7. The van der Waals surface area contributed by atoms with Crippen molar-refractivity contribution in [3.8, 4) is 0 Å². The summed E-state index contributed by atoms with van der Waals surface area (Å²) in [7, 11) is 0. The molecule has 0 saturated heterocycles. The van der Waals surface area contributed by atoms with E-state index in [9.17, 15) is 0 Å². The number of fused-ring (bicyclic) bond motifs is 5. The summed E-state index contributed by atoms with van der Waals surface area (Å²) in [4.78, 5) is 0. The van der Waals surface area contributed by atoms with Crippen LogP contribution in [0, 0.1) is 46.3 Å². The van der Waals surface area contributed by atoms with Gasteiger partial charge in [0.2, 0.25) is 0 Å². The van der Waals surface area contributed by atoms with Crippen molar-refractivity contribution >= 4 is 0 Å². The van der Waals surface area contributed by atoms with E-state index in [1.807, 2.05) is 0 Å². The van der Waals surface area contributed by atoms with Crippen molar-refractivity contribution in [1.82, 2.24) is 0 Å². The fourth-order valence-electron chi connectivity index (χ4n) is 9.23. The van der Waals surface area contributed by atoms with Gasteiger partial charge >= 0.3 is 0 Å². The van der Waals surface area contributed by atoms with Crippen LogP contribution in [-0.2, 0) is 9.47 Å². The molecule has 3 fully saturated rings. The van der Waals surface area contributed by atoms with Crippen LogP contribution in [0.2, 0.25) is 0 Å². The Morgan fingerprint density at radius 3 is 2.56 bits per heavy atom. The van der Waals surface area contributed by atoms with Gasteiger partial charge in [-0.2, -0.15) is 0 Å². The molecule has 4 aliphatic rings. The lowest BCUT2D eigenvalue weighted by Gasteiger charge is -2.58. The van der Waals surface area contributed by atoms with Gasteiger partial charge in [-0.3, -0.25) is 0 Å². The van der Waals surface area contributed by atoms with E-state index in [4.69, 9.17) is 14.6 Å². The lowest BCUT2D eigenvalue weighted by molar-refractivity contribution is -0.0683. The fraction of sp³-hybridized carbons (Fsp3) is 0.935. The van der Waals surface area contributed by atoms with Crippen molar-refractivity contribution in [3.63, 3.8) is 0 Å². The second-order valence-electron chi connectivity index (χ2n) is 13.4. The summed E-state index contributed by atoms with van der Waals surface area (Å²) in [6.45, 7) is 14.4. The Labute approximate surface area is 210 Å². The first-order valence-corrected chi connectivity index (χ1v) is 14.8. The predicted octanol–water partition coefficient (Wildman–Crippen LogP) is 7.42. The molecule has 4 aliphatic carbocycles. The van der Waals surface area contributed by atoms with E-state index in [0.717, 1.165) is 41.9 Å². The number of aliphatic hydroxyl groups is 1. The molecule has 8 atom stereocenters. The Morgan fingerprint density at radius 1 is 0.971 bits per heavy atom. The average Bonchev–Trinajstić information content (AvgIpc) is 3.16. The zero-order valence-electron chi connectivity index (χ0n) is 23.0. The number of hydrogen-bond donors (Lipinski definition) is 1. The van der Waals surface area contributed by atoms with Gasteiger partial charge in [-0.25, -0.2) is 0 Å². The average molecular weight is 475 g/mol. The van der Waals surface area contributed by atoms with Crippen LogP contribution in [0.3, 0.4) is 0 Å². The highest BCUT2D eigenvalue weighted by molar-refractivity contribution is 5.25. The number of hydrogen-bond acceptors (Lipinski definition) is 3. The Kier molecular flexibility index (Phi) is 8.90. The molecule has 3 heteroatoms. The number of aliphatic hydroxyl groups excluding tert-OH is 1. The maximum absolute atomic E-state index is 8.86. The van der Waals surface area contributed by atoms with E-state index < -0.39 is 0 Å². The molecular formula is C31H54O3. The van der Waals surface area contributed by atoms with Crippen LogP contribution in [0.1, 0.15) is 105 Å². The minimum Gasteiger partial charge on any atom is -0.394 e. The molecule has 4 rings (SSSR count). The standard InChI is InChI=1S/C31H54O3/c1-22(2)7-6-8-23(3)27-11-12-28-26-10-9-24-21-25(34-20-19-33-18-17-32)13-15-30(24,4)29(26)14-16-31(27,28)5/h9,22-23,25-29,32H,6-8,10-21H2,1-5H3/t23-,25-,26+,27-,28+,29+,30+,31-/m1/s1. The van der Waals surface area contributed by atoms with Gasteiger partial charge in [0.1, 0.15) is 0 Å². The Hall–Kier alpha value is -0.380. The molecule has 1 N–H and O–H groups in total. The highest BCUT2D eigenvalue weighted by atomic mass is 16.5. The van der Waals surface area contributed by atoms with Crippen LogP contribution in [0.25, 0.3) is 0 Å². The first-order valence-electron chi connectivity index (χ1n) is 14.8. The molecule has 196 valence electrons. The van der Waals surface area contributed by atoms with Gasteiger partial charge in [-0.15, -0.1) is 0 Å². The third kappa shape index (κ3) is 5.32. The summed E-state index contributed by atoms with van der Waals surface area (Å²) in [6, 6.07) is 0. The normalized spacial score (nSPS) is 40.4. The molecule has 34 heavy (non-hydrogen) atoms.